The lowest BCUT2D eigenvalue weighted by molar-refractivity contribution is -0.143. The molecule has 2 rings (SSSR count). The van der Waals surface area contributed by atoms with Gasteiger partial charge in [-0.1, -0.05) is 12.1 Å². The second-order valence-corrected chi connectivity index (χ2v) is 4.70. The van der Waals surface area contributed by atoms with Crippen LogP contribution in [0.15, 0.2) is 18.2 Å². The fraction of sp³-hybridized carbons (Fsp3) is 0.533. The molecule has 1 aromatic carbocycles. The summed E-state index contributed by atoms with van der Waals surface area (Å²) in [6.07, 6.45) is 1.39. The van der Waals surface area contributed by atoms with Crippen molar-refractivity contribution in [2.24, 2.45) is 0 Å². The van der Waals surface area contributed by atoms with Gasteiger partial charge in [-0.3, -0.25) is 4.79 Å². The fourth-order valence-corrected chi connectivity index (χ4v) is 2.22. The van der Waals surface area contributed by atoms with Gasteiger partial charge in [0.15, 0.2) is 0 Å². The Morgan fingerprint density at radius 3 is 3.16 bits per heavy atom. The van der Waals surface area contributed by atoms with Gasteiger partial charge in [-0.05, 0) is 31.0 Å². The van der Waals surface area contributed by atoms with E-state index in [4.69, 9.17) is 9.47 Å². The van der Waals surface area contributed by atoms with Crippen LogP contribution in [0.2, 0.25) is 0 Å². The van der Waals surface area contributed by atoms with Gasteiger partial charge in [-0.25, -0.2) is 0 Å². The van der Waals surface area contributed by atoms with Gasteiger partial charge in [0, 0.05) is 19.0 Å². The molecule has 104 valence electrons. The minimum atomic E-state index is -0.149. The highest BCUT2D eigenvalue weighted by Gasteiger charge is 2.14. The molecule has 0 bridgehead atoms. The third kappa shape index (κ3) is 3.70. The van der Waals surface area contributed by atoms with Crippen LogP contribution in [0.1, 0.15) is 37.4 Å². The smallest absolute Gasteiger partial charge is 0.307 e. The molecule has 0 aliphatic carbocycles. The largest absolute Gasteiger partial charge is 0.493 e. The highest BCUT2D eigenvalue weighted by molar-refractivity contribution is 5.69. The van der Waals surface area contributed by atoms with Gasteiger partial charge < -0.3 is 14.8 Å². The van der Waals surface area contributed by atoms with E-state index < -0.39 is 0 Å². The zero-order valence-corrected chi connectivity index (χ0v) is 11.6. The molecule has 19 heavy (non-hydrogen) atoms. The standard InChI is InChI=1S/C15H21NO3/c1-3-18-15(17)6-8-16-11(2)12-4-5-14-13(10-12)7-9-19-14/h4-5,10-11,16H,3,6-9H2,1-2H3. The van der Waals surface area contributed by atoms with Crippen LogP contribution in [0.4, 0.5) is 0 Å². The summed E-state index contributed by atoms with van der Waals surface area (Å²) in [5.74, 6) is 0.854. The second-order valence-electron chi connectivity index (χ2n) is 4.70. The van der Waals surface area contributed by atoms with Crippen molar-refractivity contribution in [1.29, 1.82) is 0 Å². The van der Waals surface area contributed by atoms with Crippen molar-refractivity contribution in [1.82, 2.24) is 5.32 Å². The maximum atomic E-state index is 11.2. The summed E-state index contributed by atoms with van der Waals surface area (Å²) < 4.78 is 10.4. The quantitative estimate of drug-likeness (QED) is 0.800. The molecule has 1 N–H and O–H groups in total. The monoisotopic (exact) mass is 263 g/mol. The van der Waals surface area contributed by atoms with E-state index in [1.54, 1.807) is 0 Å². The van der Waals surface area contributed by atoms with Gasteiger partial charge in [0.25, 0.3) is 0 Å². The number of nitrogens with one attached hydrogen (secondary N) is 1. The number of carbonyl (C=O) groups is 1. The van der Waals surface area contributed by atoms with Crippen LogP contribution in [0.5, 0.6) is 5.75 Å². The summed E-state index contributed by atoms with van der Waals surface area (Å²) in [5.41, 5.74) is 2.50. The van der Waals surface area contributed by atoms with Crippen molar-refractivity contribution < 1.29 is 14.3 Å². The predicted octanol–water partition coefficient (Wildman–Crippen LogP) is 2.23. The van der Waals surface area contributed by atoms with E-state index in [0.717, 1.165) is 18.8 Å². The van der Waals surface area contributed by atoms with E-state index in [2.05, 4.69) is 24.4 Å². The Bertz CT molecular complexity index is 445. The van der Waals surface area contributed by atoms with Crippen LogP contribution in [-0.2, 0) is 16.0 Å². The predicted molar refractivity (Wildman–Crippen MR) is 73.3 cm³/mol. The van der Waals surface area contributed by atoms with Gasteiger partial charge in [0.2, 0.25) is 0 Å². The van der Waals surface area contributed by atoms with E-state index in [1.165, 1.54) is 11.1 Å². The van der Waals surface area contributed by atoms with E-state index in [0.29, 0.717) is 19.6 Å². The van der Waals surface area contributed by atoms with Crippen molar-refractivity contribution in [3.63, 3.8) is 0 Å². The summed E-state index contributed by atoms with van der Waals surface area (Å²) in [7, 11) is 0. The molecule has 1 aliphatic rings. The first-order chi connectivity index (χ1) is 9.20. The SMILES string of the molecule is CCOC(=O)CCNC(C)c1ccc2c(c1)CCO2. The van der Waals surface area contributed by atoms with Crippen LogP contribution in [0.25, 0.3) is 0 Å². The summed E-state index contributed by atoms with van der Waals surface area (Å²) in [6.45, 7) is 5.78. The number of hydrogen-bond acceptors (Lipinski definition) is 4. The topological polar surface area (TPSA) is 47.6 Å². The molecule has 0 saturated carbocycles. The third-order valence-electron chi connectivity index (χ3n) is 3.30. The first-order valence-electron chi connectivity index (χ1n) is 6.85. The van der Waals surface area contributed by atoms with Gasteiger partial charge in [0.05, 0.1) is 19.6 Å². The Balaban J connectivity index is 1.83. The Kier molecular flexibility index (Phi) is 4.80. The molecule has 0 fully saturated rings. The summed E-state index contributed by atoms with van der Waals surface area (Å²) in [4.78, 5) is 11.2. The Labute approximate surface area is 114 Å². The molecule has 0 amide bonds. The number of rotatable bonds is 6. The van der Waals surface area contributed by atoms with Crippen LogP contribution in [0, 0.1) is 0 Å². The van der Waals surface area contributed by atoms with Crippen LogP contribution < -0.4 is 10.1 Å². The fourth-order valence-electron chi connectivity index (χ4n) is 2.22. The molecule has 4 nitrogen and oxygen atoms in total. The van der Waals surface area contributed by atoms with Crippen LogP contribution in [0.3, 0.4) is 0 Å². The molecule has 1 heterocycles. The Hall–Kier alpha value is -1.55. The molecule has 0 radical (unpaired) electrons. The molecule has 1 unspecified atom stereocenters. The number of benzene rings is 1. The van der Waals surface area contributed by atoms with Gasteiger partial charge in [-0.15, -0.1) is 0 Å². The molecule has 1 aliphatic heterocycles. The molecule has 0 aromatic heterocycles. The molecular formula is C15H21NO3. The van der Waals surface area contributed by atoms with Gasteiger partial charge in [-0.2, -0.15) is 0 Å². The molecule has 0 spiro atoms. The van der Waals surface area contributed by atoms with Gasteiger partial charge in [0.1, 0.15) is 5.75 Å². The molecule has 1 atom stereocenters. The van der Waals surface area contributed by atoms with E-state index >= 15 is 0 Å². The summed E-state index contributed by atoms with van der Waals surface area (Å²) in [6, 6.07) is 6.51. The minimum Gasteiger partial charge on any atom is -0.493 e. The highest BCUT2D eigenvalue weighted by Crippen LogP contribution is 2.27. The lowest BCUT2D eigenvalue weighted by Crippen LogP contribution is -2.22. The third-order valence-corrected chi connectivity index (χ3v) is 3.30. The first-order valence-corrected chi connectivity index (χ1v) is 6.85. The molecule has 4 heteroatoms. The average molecular weight is 263 g/mol. The van der Waals surface area contributed by atoms with Crippen LogP contribution in [-0.4, -0.2) is 25.7 Å². The Morgan fingerprint density at radius 1 is 1.53 bits per heavy atom. The lowest BCUT2D eigenvalue weighted by atomic mass is 10.0. The van der Waals surface area contributed by atoms with E-state index in [-0.39, 0.29) is 12.0 Å². The maximum Gasteiger partial charge on any atom is 0.307 e. The van der Waals surface area contributed by atoms with Crippen molar-refractivity contribution >= 4 is 5.97 Å². The van der Waals surface area contributed by atoms with Crippen molar-refractivity contribution in [2.45, 2.75) is 32.7 Å². The number of hydrogen-bond donors (Lipinski definition) is 1. The van der Waals surface area contributed by atoms with Crippen molar-refractivity contribution in [3.8, 4) is 5.75 Å². The number of fused-ring (bicyclic) bond motifs is 1. The molecule has 1 aromatic rings. The Morgan fingerprint density at radius 2 is 2.37 bits per heavy atom. The normalized spacial score (nSPS) is 14.6. The van der Waals surface area contributed by atoms with Crippen molar-refractivity contribution in [2.75, 3.05) is 19.8 Å². The van der Waals surface area contributed by atoms with Crippen LogP contribution >= 0.6 is 0 Å². The second kappa shape index (κ2) is 6.57. The highest BCUT2D eigenvalue weighted by atomic mass is 16.5. The number of esters is 1. The number of carbonyl (C=O) groups excluding carboxylic acids is 1. The zero-order valence-electron chi connectivity index (χ0n) is 11.6. The molecule has 0 saturated heterocycles. The van der Waals surface area contributed by atoms with E-state index in [9.17, 15) is 4.79 Å². The summed E-state index contributed by atoms with van der Waals surface area (Å²) in [5, 5.41) is 3.34. The van der Waals surface area contributed by atoms with Gasteiger partial charge >= 0.3 is 5.97 Å². The summed E-state index contributed by atoms with van der Waals surface area (Å²) >= 11 is 0. The number of ether oxygens (including phenoxy) is 2. The van der Waals surface area contributed by atoms with Crippen molar-refractivity contribution in [3.05, 3.63) is 29.3 Å². The maximum absolute atomic E-state index is 11.2. The van der Waals surface area contributed by atoms with E-state index in [1.807, 2.05) is 13.0 Å². The first kappa shape index (κ1) is 13.9. The zero-order chi connectivity index (χ0) is 13.7. The average Bonchev–Trinajstić information content (AvgIpc) is 2.86. The molecular weight excluding hydrogens is 242 g/mol. The minimum absolute atomic E-state index is 0.149. The lowest BCUT2D eigenvalue weighted by Gasteiger charge is -2.14.